The molecule has 1 rings (SSSR count). The number of nitrogens with zero attached hydrogens (tertiary/aromatic N) is 2. The molecule has 5 nitrogen and oxygen atoms in total. The van der Waals surface area contributed by atoms with Gasteiger partial charge in [-0.1, -0.05) is 0 Å². The zero-order valence-electron chi connectivity index (χ0n) is 7.49. The molecule has 1 unspecified atom stereocenters. The number of nitrogens with two attached hydrogens (primary N) is 1. The summed E-state index contributed by atoms with van der Waals surface area (Å²) in [6.45, 7) is -0.185. The minimum Gasteiger partial charge on any atom is -0.394 e. The van der Waals surface area contributed by atoms with Gasteiger partial charge in [-0.05, 0) is 15.9 Å². The van der Waals surface area contributed by atoms with Gasteiger partial charge < -0.3 is 10.8 Å². The zero-order valence-corrected chi connectivity index (χ0v) is 9.08. The van der Waals surface area contributed by atoms with Gasteiger partial charge in [0.15, 0.2) is 0 Å². The third-order valence-corrected chi connectivity index (χ3v) is 2.93. The molecule has 74 valence electrons. The van der Waals surface area contributed by atoms with Crippen molar-refractivity contribution >= 4 is 15.9 Å². The lowest BCUT2D eigenvalue weighted by molar-refractivity contribution is 0.263. The molecular weight excluding hydrogens is 238 g/mol. The second-order valence-corrected chi connectivity index (χ2v) is 3.62. The van der Waals surface area contributed by atoms with E-state index in [1.807, 2.05) is 0 Å². The molecule has 0 saturated heterocycles. The van der Waals surface area contributed by atoms with E-state index in [0.29, 0.717) is 10.3 Å². The number of halogens is 1. The Balaban J connectivity index is 3.37. The largest absolute Gasteiger partial charge is 0.394 e. The summed E-state index contributed by atoms with van der Waals surface area (Å²) >= 11 is 3.24. The molecule has 0 aliphatic carbocycles. The third kappa shape index (κ3) is 1.56. The van der Waals surface area contributed by atoms with Gasteiger partial charge in [0.05, 0.1) is 18.3 Å². The number of rotatable bonds is 2. The zero-order chi connectivity index (χ0) is 10.2. The molecule has 0 aliphatic heterocycles. The van der Waals surface area contributed by atoms with Crippen LogP contribution in [0, 0.1) is 0 Å². The predicted octanol–water partition coefficient (Wildman–Crippen LogP) is -0.522. The molecule has 1 atom stereocenters. The normalized spacial score (nSPS) is 13.3. The van der Waals surface area contributed by atoms with Crippen LogP contribution in [0.4, 0.5) is 0 Å². The lowest BCUT2D eigenvalue weighted by Crippen LogP contribution is -2.24. The monoisotopic (exact) mass is 249 g/mol. The first kappa shape index (κ1) is 10.5. The average molecular weight is 250 g/mol. The van der Waals surface area contributed by atoms with Crippen LogP contribution in [-0.4, -0.2) is 20.8 Å². The second kappa shape index (κ2) is 3.65. The summed E-state index contributed by atoms with van der Waals surface area (Å²) in [5, 5.41) is 8.87. The van der Waals surface area contributed by atoms with E-state index in [2.05, 4.69) is 15.9 Å². The highest BCUT2D eigenvalue weighted by Gasteiger charge is 2.18. The molecule has 0 saturated carbocycles. The molecule has 0 bridgehead atoms. The fraction of sp³-hybridized carbons (Fsp3) is 0.571. The number of aliphatic hydroxyl groups is 1. The van der Waals surface area contributed by atoms with Crippen LogP contribution >= 0.6 is 15.9 Å². The van der Waals surface area contributed by atoms with Gasteiger partial charge in [0.25, 0.3) is 0 Å². The predicted molar refractivity (Wildman–Crippen MR) is 52.4 cm³/mol. The first-order valence-corrected chi connectivity index (χ1v) is 4.57. The van der Waals surface area contributed by atoms with E-state index in [-0.39, 0.29) is 12.3 Å². The smallest absolute Gasteiger partial charge is 0.328 e. The summed E-state index contributed by atoms with van der Waals surface area (Å²) in [5.41, 5.74) is 6.07. The Kier molecular flexibility index (Phi) is 2.94. The van der Waals surface area contributed by atoms with Gasteiger partial charge >= 0.3 is 5.69 Å². The van der Waals surface area contributed by atoms with Crippen molar-refractivity contribution in [2.75, 3.05) is 6.61 Å². The SMILES string of the molecule is Cn1c(Br)c(C(N)CO)n(C)c1=O. The summed E-state index contributed by atoms with van der Waals surface area (Å²) in [5.74, 6) is 0. The van der Waals surface area contributed by atoms with Crippen molar-refractivity contribution in [1.82, 2.24) is 9.13 Å². The standard InChI is InChI=1S/C7H12BrN3O2/c1-10-5(4(9)3-12)6(8)11(2)7(10)13/h4,12H,3,9H2,1-2H3. The average Bonchev–Trinajstić information content (AvgIpc) is 2.30. The van der Waals surface area contributed by atoms with Gasteiger partial charge in [0.2, 0.25) is 0 Å². The Labute approximate surface area is 83.9 Å². The molecule has 3 N–H and O–H groups in total. The lowest BCUT2D eigenvalue weighted by Gasteiger charge is -2.08. The van der Waals surface area contributed by atoms with Crippen LogP contribution in [0.2, 0.25) is 0 Å². The van der Waals surface area contributed by atoms with E-state index < -0.39 is 6.04 Å². The third-order valence-electron chi connectivity index (χ3n) is 1.99. The van der Waals surface area contributed by atoms with E-state index >= 15 is 0 Å². The maximum atomic E-state index is 11.4. The van der Waals surface area contributed by atoms with Crippen molar-refractivity contribution in [2.24, 2.45) is 19.8 Å². The van der Waals surface area contributed by atoms with Gasteiger partial charge in [-0.15, -0.1) is 0 Å². The quantitative estimate of drug-likeness (QED) is 0.741. The lowest BCUT2D eigenvalue weighted by atomic mass is 10.2. The summed E-state index contributed by atoms with van der Waals surface area (Å²) < 4.78 is 3.47. The van der Waals surface area contributed by atoms with Crippen molar-refractivity contribution in [2.45, 2.75) is 6.04 Å². The van der Waals surface area contributed by atoms with Crippen LogP contribution in [-0.2, 0) is 14.1 Å². The first-order chi connectivity index (χ1) is 6.00. The number of imidazole rings is 1. The highest BCUT2D eigenvalue weighted by Crippen LogP contribution is 2.19. The molecule has 1 heterocycles. The first-order valence-electron chi connectivity index (χ1n) is 3.78. The number of aromatic nitrogens is 2. The van der Waals surface area contributed by atoms with Crippen LogP contribution in [0.25, 0.3) is 0 Å². The molecule has 1 aromatic rings. The molecule has 13 heavy (non-hydrogen) atoms. The van der Waals surface area contributed by atoms with Crippen molar-refractivity contribution in [3.8, 4) is 0 Å². The summed E-state index contributed by atoms with van der Waals surface area (Å²) in [6.07, 6.45) is 0. The van der Waals surface area contributed by atoms with Crippen molar-refractivity contribution in [3.05, 3.63) is 20.8 Å². The Morgan fingerprint density at radius 2 is 2.08 bits per heavy atom. The maximum absolute atomic E-state index is 11.4. The summed E-state index contributed by atoms with van der Waals surface area (Å²) in [6, 6.07) is -0.534. The van der Waals surface area contributed by atoms with Crippen LogP contribution < -0.4 is 11.4 Å². The van der Waals surface area contributed by atoms with E-state index in [1.54, 1.807) is 14.1 Å². The van der Waals surface area contributed by atoms with Gasteiger partial charge in [0.1, 0.15) is 4.60 Å². The highest BCUT2D eigenvalue weighted by molar-refractivity contribution is 9.10. The van der Waals surface area contributed by atoms with Gasteiger partial charge in [0, 0.05) is 14.1 Å². The Hall–Kier alpha value is -0.590. The van der Waals surface area contributed by atoms with Gasteiger partial charge in [-0.25, -0.2) is 4.79 Å². The molecule has 0 aromatic carbocycles. The van der Waals surface area contributed by atoms with Gasteiger partial charge in [-0.3, -0.25) is 9.13 Å². The maximum Gasteiger partial charge on any atom is 0.328 e. The minimum atomic E-state index is -0.534. The Morgan fingerprint density at radius 1 is 1.54 bits per heavy atom. The summed E-state index contributed by atoms with van der Waals surface area (Å²) in [4.78, 5) is 11.4. The van der Waals surface area contributed by atoms with E-state index in [9.17, 15) is 4.79 Å². The fourth-order valence-corrected chi connectivity index (χ4v) is 1.92. The van der Waals surface area contributed by atoms with E-state index in [1.165, 1.54) is 9.13 Å². The van der Waals surface area contributed by atoms with E-state index in [4.69, 9.17) is 10.8 Å². The molecule has 1 aromatic heterocycles. The van der Waals surface area contributed by atoms with Crippen LogP contribution in [0.15, 0.2) is 9.40 Å². The molecule has 0 spiro atoms. The van der Waals surface area contributed by atoms with Gasteiger partial charge in [-0.2, -0.15) is 0 Å². The van der Waals surface area contributed by atoms with E-state index in [0.717, 1.165) is 0 Å². The van der Waals surface area contributed by atoms with Crippen molar-refractivity contribution < 1.29 is 5.11 Å². The Morgan fingerprint density at radius 3 is 2.38 bits per heavy atom. The number of hydrogen-bond donors (Lipinski definition) is 2. The molecule has 0 aliphatic rings. The molecule has 0 radical (unpaired) electrons. The summed E-state index contributed by atoms with van der Waals surface area (Å²) in [7, 11) is 3.26. The molecular formula is C7H12BrN3O2. The Bertz CT molecular complexity index is 369. The van der Waals surface area contributed by atoms with Crippen molar-refractivity contribution in [3.63, 3.8) is 0 Å². The highest BCUT2D eigenvalue weighted by atomic mass is 79.9. The fourth-order valence-electron chi connectivity index (χ4n) is 1.21. The van der Waals surface area contributed by atoms with Crippen LogP contribution in [0.1, 0.15) is 11.7 Å². The minimum absolute atomic E-state index is 0.161. The topological polar surface area (TPSA) is 73.2 Å². The molecule has 6 heteroatoms. The van der Waals surface area contributed by atoms with Crippen LogP contribution in [0.5, 0.6) is 0 Å². The molecule has 0 amide bonds. The number of aliphatic hydroxyl groups excluding tert-OH is 1. The molecule has 0 fully saturated rings. The van der Waals surface area contributed by atoms with Crippen LogP contribution in [0.3, 0.4) is 0 Å². The number of hydrogen-bond acceptors (Lipinski definition) is 3. The second-order valence-electron chi connectivity index (χ2n) is 2.87. The van der Waals surface area contributed by atoms with Crippen molar-refractivity contribution in [1.29, 1.82) is 0 Å².